The average Bonchev–Trinajstić information content (AvgIpc) is 2.96. The molecular formula is C13H19N5O. The quantitative estimate of drug-likeness (QED) is 0.749. The summed E-state index contributed by atoms with van der Waals surface area (Å²) in [6, 6.07) is 0.0995. The topological polar surface area (TPSA) is 78.8 Å². The summed E-state index contributed by atoms with van der Waals surface area (Å²) in [5.41, 5.74) is 5.55. The zero-order valence-corrected chi connectivity index (χ0v) is 11.3. The van der Waals surface area contributed by atoms with E-state index in [2.05, 4.69) is 20.4 Å². The van der Waals surface area contributed by atoms with E-state index in [-0.39, 0.29) is 12.6 Å². The molecule has 1 unspecified atom stereocenters. The Hall–Kier alpha value is -1.66. The molecule has 3 rings (SSSR count). The van der Waals surface area contributed by atoms with E-state index in [4.69, 9.17) is 5.11 Å². The average molecular weight is 261 g/mol. The molecule has 0 saturated carbocycles. The van der Waals surface area contributed by atoms with Crippen LogP contribution < -0.4 is 5.32 Å². The van der Waals surface area contributed by atoms with Crippen LogP contribution in [0.4, 0.5) is 0 Å². The zero-order valence-electron chi connectivity index (χ0n) is 11.3. The van der Waals surface area contributed by atoms with E-state index >= 15 is 0 Å². The molecule has 0 bridgehead atoms. The highest BCUT2D eigenvalue weighted by molar-refractivity contribution is 5.37. The van der Waals surface area contributed by atoms with Gasteiger partial charge in [-0.1, -0.05) is 0 Å². The van der Waals surface area contributed by atoms with Gasteiger partial charge in [0.1, 0.15) is 0 Å². The highest BCUT2D eigenvalue weighted by Crippen LogP contribution is 2.30. The summed E-state index contributed by atoms with van der Waals surface area (Å²) < 4.78 is 1.87. The number of hydrogen-bond donors (Lipinski definition) is 3. The molecule has 0 fully saturated rings. The largest absolute Gasteiger partial charge is 0.394 e. The third-order valence-corrected chi connectivity index (χ3v) is 3.79. The number of aromatic amines is 1. The lowest BCUT2D eigenvalue weighted by Crippen LogP contribution is -2.31. The molecule has 0 aromatic carbocycles. The molecule has 0 aliphatic carbocycles. The van der Waals surface area contributed by atoms with Crippen LogP contribution in [-0.4, -0.2) is 38.0 Å². The summed E-state index contributed by atoms with van der Waals surface area (Å²) in [7, 11) is 0. The number of imidazole rings is 1. The van der Waals surface area contributed by atoms with Crippen LogP contribution in [0.15, 0.2) is 6.33 Å². The predicted molar refractivity (Wildman–Crippen MR) is 70.9 cm³/mol. The van der Waals surface area contributed by atoms with Crippen LogP contribution in [-0.2, 0) is 13.0 Å². The molecule has 0 amide bonds. The first-order chi connectivity index (χ1) is 9.22. The third-order valence-electron chi connectivity index (χ3n) is 3.79. The second-order valence-electron chi connectivity index (χ2n) is 4.93. The van der Waals surface area contributed by atoms with Crippen LogP contribution in [0.25, 0.3) is 0 Å². The van der Waals surface area contributed by atoms with Crippen LogP contribution >= 0.6 is 0 Å². The summed E-state index contributed by atoms with van der Waals surface area (Å²) in [6.07, 6.45) is 2.74. The van der Waals surface area contributed by atoms with Crippen molar-refractivity contribution in [2.24, 2.45) is 0 Å². The van der Waals surface area contributed by atoms with Crippen LogP contribution in [0.5, 0.6) is 0 Å². The van der Waals surface area contributed by atoms with Gasteiger partial charge < -0.3 is 15.4 Å². The molecule has 3 N–H and O–H groups in total. The van der Waals surface area contributed by atoms with Crippen molar-refractivity contribution in [1.29, 1.82) is 0 Å². The van der Waals surface area contributed by atoms with Crippen molar-refractivity contribution in [1.82, 2.24) is 25.1 Å². The van der Waals surface area contributed by atoms with Crippen LogP contribution in [0, 0.1) is 13.8 Å². The predicted octanol–water partition coefficient (Wildman–Crippen LogP) is 0.450. The highest BCUT2D eigenvalue weighted by atomic mass is 16.3. The summed E-state index contributed by atoms with van der Waals surface area (Å²) in [5, 5.41) is 17.1. The van der Waals surface area contributed by atoms with Gasteiger partial charge in [-0.25, -0.2) is 4.98 Å². The Morgan fingerprint density at radius 1 is 1.47 bits per heavy atom. The molecule has 102 valence electrons. The molecule has 3 heterocycles. The lowest BCUT2D eigenvalue weighted by atomic mass is 9.96. The van der Waals surface area contributed by atoms with Gasteiger partial charge in [-0.3, -0.25) is 4.68 Å². The first kappa shape index (κ1) is 12.4. The van der Waals surface area contributed by atoms with Crippen molar-refractivity contribution < 1.29 is 5.11 Å². The number of fused-ring (bicyclic) bond motifs is 1. The number of H-pyrrole nitrogens is 1. The van der Waals surface area contributed by atoms with E-state index in [1.807, 2.05) is 18.5 Å². The van der Waals surface area contributed by atoms with Crippen molar-refractivity contribution >= 4 is 0 Å². The van der Waals surface area contributed by atoms with Gasteiger partial charge in [0.2, 0.25) is 0 Å². The van der Waals surface area contributed by atoms with E-state index in [9.17, 15) is 0 Å². The van der Waals surface area contributed by atoms with E-state index in [0.29, 0.717) is 6.54 Å². The van der Waals surface area contributed by atoms with Crippen molar-refractivity contribution in [3.63, 3.8) is 0 Å². The van der Waals surface area contributed by atoms with Crippen molar-refractivity contribution in [2.45, 2.75) is 32.9 Å². The number of nitrogens with zero attached hydrogens (tertiary/aromatic N) is 3. The molecule has 1 atom stereocenters. The minimum absolute atomic E-state index is 0.0995. The molecule has 0 spiro atoms. The Morgan fingerprint density at radius 3 is 3.11 bits per heavy atom. The Bertz CT molecular complexity index is 586. The normalized spacial score (nSPS) is 18.6. The zero-order chi connectivity index (χ0) is 13.4. The van der Waals surface area contributed by atoms with Gasteiger partial charge >= 0.3 is 0 Å². The summed E-state index contributed by atoms with van der Waals surface area (Å²) in [5.74, 6) is 0. The molecule has 1 aliphatic heterocycles. The van der Waals surface area contributed by atoms with E-state index < -0.39 is 0 Å². The number of aromatic nitrogens is 4. The maximum Gasteiger partial charge on any atom is 0.0926 e. The SMILES string of the molecule is Cc1nn(CCO)c(C)c1C1NCCc2[nH]cnc21. The number of rotatable bonds is 3. The molecule has 19 heavy (non-hydrogen) atoms. The van der Waals surface area contributed by atoms with Gasteiger partial charge in [0.25, 0.3) is 0 Å². The first-order valence-electron chi connectivity index (χ1n) is 6.62. The van der Waals surface area contributed by atoms with Gasteiger partial charge in [-0.05, 0) is 13.8 Å². The van der Waals surface area contributed by atoms with Crippen molar-refractivity contribution in [2.75, 3.05) is 13.2 Å². The fraction of sp³-hybridized carbons (Fsp3) is 0.538. The number of aliphatic hydroxyl groups excluding tert-OH is 1. The summed E-state index contributed by atoms with van der Waals surface area (Å²) in [6.45, 7) is 5.64. The maximum atomic E-state index is 9.09. The first-order valence-corrected chi connectivity index (χ1v) is 6.62. The Balaban J connectivity index is 2.04. The van der Waals surface area contributed by atoms with Crippen LogP contribution in [0.1, 0.15) is 34.4 Å². The fourth-order valence-electron chi connectivity index (χ4n) is 2.90. The number of aliphatic hydroxyl groups is 1. The van der Waals surface area contributed by atoms with E-state index in [0.717, 1.165) is 30.0 Å². The van der Waals surface area contributed by atoms with Gasteiger partial charge in [-0.2, -0.15) is 5.10 Å². The maximum absolute atomic E-state index is 9.09. The lowest BCUT2D eigenvalue weighted by Gasteiger charge is -2.23. The van der Waals surface area contributed by atoms with Crippen LogP contribution in [0.3, 0.4) is 0 Å². The molecule has 0 radical (unpaired) electrons. The fourth-order valence-corrected chi connectivity index (χ4v) is 2.90. The lowest BCUT2D eigenvalue weighted by molar-refractivity contribution is 0.267. The number of nitrogens with one attached hydrogen (secondary N) is 2. The number of hydrogen-bond acceptors (Lipinski definition) is 4. The molecule has 2 aromatic heterocycles. The van der Waals surface area contributed by atoms with Gasteiger partial charge in [-0.15, -0.1) is 0 Å². The monoisotopic (exact) mass is 261 g/mol. The van der Waals surface area contributed by atoms with Crippen molar-refractivity contribution in [3.05, 3.63) is 34.7 Å². The standard InChI is InChI=1S/C13H19N5O/c1-8-11(9(2)18(17-8)5-6-19)13-12-10(3-4-14-13)15-7-16-12/h7,13-14,19H,3-6H2,1-2H3,(H,15,16). The highest BCUT2D eigenvalue weighted by Gasteiger charge is 2.28. The minimum Gasteiger partial charge on any atom is -0.394 e. The van der Waals surface area contributed by atoms with Crippen molar-refractivity contribution in [3.8, 4) is 0 Å². The minimum atomic E-state index is 0.0995. The molecule has 6 heteroatoms. The Morgan fingerprint density at radius 2 is 2.32 bits per heavy atom. The summed E-state index contributed by atoms with van der Waals surface area (Å²) in [4.78, 5) is 7.66. The Kier molecular flexibility index (Phi) is 3.12. The molecule has 1 aliphatic rings. The number of aryl methyl sites for hydroxylation is 1. The molecule has 0 saturated heterocycles. The molecule has 6 nitrogen and oxygen atoms in total. The van der Waals surface area contributed by atoms with Gasteiger partial charge in [0.05, 0.1) is 36.9 Å². The summed E-state index contributed by atoms with van der Waals surface area (Å²) >= 11 is 0. The van der Waals surface area contributed by atoms with Gasteiger partial charge in [0.15, 0.2) is 0 Å². The van der Waals surface area contributed by atoms with Gasteiger partial charge in [0, 0.05) is 29.9 Å². The molecule has 2 aromatic rings. The Labute approximate surface area is 111 Å². The van der Waals surface area contributed by atoms with Crippen LogP contribution in [0.2, 0.25) is 0 Å². The van der Waals surface area contributed by atoms with E-state index in [1.54, 1.807) is 6.33 Å². The smallest absolute Gasteiger partial charge is 0.0926 e. The third kappa shape index (κ3) is 1.97. The molecular weight excluding hydrogens is 242 g/mol. The second kappa shape index (κ2) is 4.79. The van der Waals surface area contributed by atoms with E-state index in [1.165, 1.54) is 11.3 Å². The second-order valence-corrected chi connectivity index (χ2v) is 4.93.